The second-order valence-corrected chi connectivity index (χ2v) is 6.72. The molecule has 1 N–H and O–H groups in total. The molecule has 4 aromatic rings. The standard InChI is InChI=1S/C20H12F6N4O/c21-19(22,23)14-3-1-2-11(6-14)12-7-16-17(28-9-12)29-18(31)30(16)10-13-8-27-5-4-15(13)20(24,25)26/h1-9H,10H2,(H,28,29,31). The van der Waals surface area contributed by atoms with Crippen molar-refractivity contribution in [2.75, 3.05) is 0 Å². The quantitative estimate of drug-likeness (QED) is 0.464. The van der Waals surface area contributed by atoms with Gasteiger partial charge in [0.25, 0.3) is 0 Å². The Morgan fingerprint density at radius 1 is 0.935 bits per heavy atom. The summed E-state index contributed by atoms with van der Waals surface area (Å²) in [5, 5.41) is 0. The number of benzene rings is 1. The van der Waals surface area contributed by atoms with E-state index in [0.29, 0.717) is 0 Å². The number of pyridine rings is 2. The lowest BCUT2D eigenvalue weighted by atomic mass is 10.0. The molecule has 3 heterocycles. The van der Waals surface area contributed by atoms with Gasteiger partial charge in [0.2, 0.25) is 0 Å². The summed E-state index contributed by atoms with van der Waals surface area (Å²) in [6.07, 6.45) is -5.90. The van der Waals surface area contributed by atoms with Crippen LogP contribution >= 0.6 is 0 Å². The Hall–Kier alpha value is -3.63. The van der Waals surface area contributed by atoms with Gasteiger partial charge in [0.1, 0.15) is 0 Å². The fraction of sp³-hybridized carbons (Fsp3) is 0.150. The van der Waals surface area contributed by atoms with Gasteiger partial charge in [0.05, 0.1) is 23.2 Å². The van der Waals surface area contributed by atoms with Gasteiger partial charge in [-0.15, -0.1) is 0 Å². The number of fused-ring (bicyclic) bond motifs is 1. The van der Waals surface area contributed by atoms with E-state index < -0.39 is 35.7 Å². The van der Waals surface area contributed by atoms with Gasteiger partial charge in [-0.05, 0) is 29.8 Å². The molecule has 11 heteroatoms. The molecule has 5 nitrogen and oxygen atoms in total. The summed E-state index contributed by atoms with van der Waals surface area (Å²) < 4.78 is 79.9. The molecule has 0 fully saturated rings. The van der Waals surface area contributed by atoms with Crippen LogP contribution in [-0.4, -0.2) is 19.5 Å². The molecule has 0 saturated carbocycles. The summed E-state index contributed by atoms with van der Waals surface area (Å²) in [6.45, 7) is -0.449. The highest BCUT2D eigenvalue weighted by molar-refractivity contribution is 5.78. The highest BCUT2D eigenvalue weighted by Crippen LogP contribution is 2.33. The normalized spacial score (nSPS) is 12.5. The zero-order chi connectivity index (χ0) is 22.4. The van der Waals surface area contributed by atoms with E-state index in [4.69, 9.17) is 0 Å². The fourth-order valence-electron chi connectivity index (χ4n) is 3.22. The largest absolute Gasteiger partial charge is 0.416 e. The van der Waals surface area contributed by atoms with E-state index in [1.54, 1.807) is 0 Å². The second kappa shape index (κ2) is 7.25. The van der Waals surface area contributed by atoms with Crippen LogP contribution in [0, 0.1) is 0 Å². The van der Waals surface area contributed by atoms with E-state index in [0.717, 1.165) is 35.2 Å². The van der Waals surface area contributed by atoms with Crippen LogP contribution in [0.1, 0.15) is 16.7 Å². The maximum atomic E-state index is 13.3. The molecule has 0 spiro atoms. The summed E-state index contributed by atoms with van der Waals surface area (Å²) in [5.74, 6) is 0. The number of aromatic nitrogens is 4. The summed E-state index contributed by atoms with van der Waals surface area (Å²) in [6, 6.07) is 6.73. The fourth-order valence-corrected chi connectivity index (χ4v) is 3.22. The molecule has 0 unspecified atom stereocenters. The van der Waals surface area contributed by atoms with Crippen molar-refractivity contribution in [2.24, 2.45) is 0 Å². The number of nitrogens with zero attached hydrogens (tertiary/aromatic N) is 3. The van der Waals surface area contributed by atoms with Crippen LogP contribution in [0.3, 0.4) is 0 Å². The van der Waals surface area contributed by atoms with Gasteiger partial charge in [-0.2, -0.15) is 26.3 Å². The topological polar surface area (TPSA) is 63.6 Å². The molecule has 0 aliphatic heterocycles. The Morgan fingerprint density at radius 3 is 2.42 bits per heavy atom. The van der Waals surface area contributed by atoms with Crippen LogP contribution in [0.4, 0.5) is 26.3 Å². The van der Waals surface area contributed by atoms with Crippen LogP contribution in [0.2, 0.25) is 0 Å². The van der Waals surface area contributed by atoms with Gasteiger partial charge in [-0.25, -0.2) is 9.78 Å². The van der Waals surface area contributed by atoms with E-state index in [2.05, 4.69) is 15.0 Å². The second-order valence-electron chi connectivity index (χ2n) is 6.72. The predicted molar refractivity (Wildman–Crippen MR) is 99.1 cm³/mol. The maximum Gasteiger partial charge on any atom is 0.416 e. The third kappa shape index (κ3) is 4.03. The molecule has 0 aliphatic carbocycles. The first-order valence-corrected chi connectivity index (χ1v) is 8.80. The Balaban J connectivity index is 1.81. The number of nitrogens with one attached hydrogen (secondary N) is 1. The van der Waals surface area contributed by atoms with Crippen molar-refractivity contribution in [3.63, 3.8) is 0 Å². The first-order chi connectivity index (χ1) is 14.5. The predicted octanol–water partition coefficient (Wildman–Crippen LogP) is 4.87. The van der Waals surface area contributed by atoms with Gasteiger partial charge in [0, 0.05) is 29.7 Å². The Bertz CT molecular complexity index is 1320. The third-order valence-corrected chi connectivity index (χ3v) is 4.69. The number of H-pyrrole nitrogens is 1. The van der Waals surface area contributed by atoms with E-state index in [9.17, 15) is 31.1 Å². The lowest BCUT2D eigenvalue weighted by Crippen LogP contribution is -2.20. The summed E-state index contributed by atoms with van der Waals surface area (Å²) in [7, 11) is 0. The van der Waals surface area contributed by atoms with Gasteiger partial charge in [-0.1, -0.05) is 12.1 Å². The summed E-state index contributed by atoms with van der Waals surface area (Å²) in [5.41, 5.74) is -2.03. The molecule has 0 atom stereocenters. The average molecular weight is 438 g/mol. The summed E-state index contributed by atoms with van der Waals surface area (Å²) >= 11 is 0. The Labute approximate surface area is 170 Å². The van der Waals surface area contributed by atoms with E-state index in [1.165, 1.54) is 24.4 Å². The molecular weight excluding hydrogens is 426 g/mol. The molecule has 1 aromatic carbocycles. The minimum Gasteiger partial charge on any atom is -0.290 e. The van der Waals surface area contributed by atoms with Gasteiger partial charge in [-0.3, -0.25) is 14.5 Å². The van der Waals surface area contributed by atoms with Crippen LogP contribution in [-0.2, 0) is 18.9 Å². The van der Waals surface area contributed by atoms with Crippen molar-refractivity contribution >= 4 is 11.2 Å². The number of hydrogen-bond donors (Lipinski definition) is 1. The minimum absolute atomic E-state index is 0.0955. The molecule has 0 amide bonds. The molecule has 31 heavy (non-hydrogen) atoms. The van der Waals surface area contributed by atoms with E-state index in [-0.39, 0.29) is 27.9 Å². The van der Waals surface area contributed by atoms with Crippen LogP contribution in [0.25, 0.3) is 22.3 Å². The lowest BCUT2D eigenvalue weighted by molar-refractivity contribution is -0.138. The highest BCUT2D eigenvalue weighted by atomic mass is 19.4. The van der Waals surface area contributed by atoms with Crippen molar-refractivity contribution in [1.82, 2.24) is 19.5 Å². The molecule has 0 radical (unpaired) electrons. The smallest absolute Gasteiger partial charge is 0.290 e. The number of aromatic amines is 1. The first-order valence-electron chi connectivity index (χ1n) is 8.80. The molecule has 0 bridgehead atoms. The minimum atomic E-state index is -4.64. The van der Waals surface area contributed by atoms with E-state index in [1.807, 2.05) is 0 Å². The zero-order valence-electron chi connectivity index (χ0n) is 15.4. The highest BCUT2D eigenvalue weighted by Gasteiger charge is 2.33. The number of halogens is 6. The van der Waals surface area contributed by atoms with Crippen LogP contribution in [0.5, 0.6) is 0 Å². The molecule has 0 aliphatic rings. The van der Waals surface area contributed by atoms with Crippen molar-refractivity contribution in [3.05, 3.63) is 82.2 Å². The summed E-state index contributed by atoms with van der Waals surface area (Å²) in [4.78, 5) is 22.5. The van der Waals surface area contributed by atoms with Gasteiger partial charge < -0.3 is 0 Å². The number of alkyl halides is 6. The Morgan fingerprint density at radius 2 is 1.71 bits per heavy atom. The van der Waals surface area contributed by atoms with Crippen molar-refractivity contribution in [2.45, 2.75) is 18.9 Å². The third-order valence-electron chi connectivity index (χ3n) is 4.69. The van der Waals surface area contributed by atoms with Crippen LogP contribution in [0.15, 0.2) is 59.8 Å². The molecule has 4 rings (SSSR count). The van der Waals surface area contributed by atoms with Crippen LogP contribution < -0.4 is 5.69 Å². The number of rotatable bonds is 3. The van der Waals surface area contributed by atoms with E-state index >= 15 is 0 Å². The lowest BCUT2D eigenvalue weighted by Gasteiger charge is -2.13. The maximum absolute atomic E-state index is 13.3. The zero-order valence-corrected chi connectivity index (χ0v) is 15.4. The van der Waals surface area contributed by atoms with Gasteiger partial charge in [0.15, 0.2) is 5.65 Å². The SMILES string of the molecule is O=c1[nH]c2ncc(-c3cccc(C(F)(F)F)c3)cc2n1Cc1cnccc1C(F)(F)F. The molecule has 0 saturated heterocycles. The molecule has 160 valence electrons. The molecule has 3 aromatic heterocycles. The number of hydrogen-bond acceptors (Lipinski definition) is 3. The van der Waals surface area contributed by atoms with Gasteiger partial charge >= 0.3 is 18.0 Å². The number of imidazole rings is 1. The average Bonchev–Trinajstić information content (AvgIpc) is 3.01. The first kappa shape index (κ1) is 20.6. The monoisotopic (exact) mass is 438 g/mol. The Kier molecular flexibility index (Phi) is 4.83. The van der Waals surface area contributed by atoms with Crippen molar-refractivity contribution in [3.8, 4) is 11.1 Å². The van der Waals surface area contributed by atoms with Crippen molar-refractivity contribution < 1.29 is 26.3 Å². The van der Waals surface area contributed by atoms with Crippen molar-refractivity contribution in [1.29, 1.82) is 0 Å². The molecular formula is C20H12F6N4O.